The van der Waals surface area contributed by atoms with Gasteiger partial charge < -0.3 is 10.1 Å². The lowest BCUT2D eigenvalue weighted by Crippen LogP contribution is -2.15. The lowest BCUT2D eigenvalue weighted by Gasteiger charge is -2.02. The number of hydrogen-bond donors (Lipinski definition) is 1. The predicted molar refractivity (Wildman–Crippen MR) is 76.0 cm³/mol. The van der Waals surface area contributed by atoms with Crippen molar-refractivity contribution >= 4 is 0 Å². The maximum Gasteiger partial charge on any atom is 0.0659 e. The second kappa shape index (κ2) is 7.71. The Balaban J connectivity index is 1.76. The molecule has 0 amide bonds. The van der Waals surface area contributed by atoms with Crippen LogP contribution in [-0.2, 0) is 17.8 Å². The van der Waals surface area contributed by atoms with Crippen LogP contribution in [0.5, 0.6) is 0 Å². The molecule has 4 nitrogen and oxygen atoms in total. The summed E-state index contributed by atoms with van der Waals surface area (Å²) in [6.07, 6.45) is 5.05. The van der Waals surface area contributed by atoms with Gasteiger partial charge in [-0.15, -0.1) is 0 Å². The summed E-state index contributed by atoms with van der Waals surface area (Å²) < 4.78 is 6.98. The molecule has 102 valence electrons. The van der Waals surface area contributed by atoms with E-state index >= 15 is 0 Å². The summed E-state index contributed by atoms with van der Waals surface area (Å²) >= 11 is 0. The van der Waals surface area contributed by atoms with E-state index in [4.69, 9.17) is 4.74 Å². The number of methoxy groups -OCH3 is 1. The van der Waals surface area contributed by atoms with Gasteiger partial charge in [-0.25, -0.2) is 0 Å². The highest BCUT2D eigenvalue weighted by Gasteiger charge is 1.99. The van der Waals surface area contributed by atoms with E-state index < -0.39 is 0 Å². The number of ether oxygens (including phenoxy) is 1. The molecule has 0 spiro atoms. The lowest BCUT2D eigenvalue weighted by molar-refractivity contribution is 0.194. The fourth-order valence-corrected chi connectivity index (χ4v) is 1.93. The SMILES string of the molecule is COCCCNCc1cnn(Cc2ccccc2)c1. The van der Waals surface area contributed by atoms with Gasteiger partial charge in [-0.1, -0.05) is 30.3 Å². The minimum Gasteiger partial charge on any atom is -0.385 e. The van der Waals surface area contributed by atoms with Crippen LogP contribution < -0.4 is 5.32 Å². The van der Waals surface area contributed by atoms with Crippen molar-refractivity contribution in [3.63, 3.8) is 0 Å². The molecule has 0 bridgehead atoms. The highest BCUT2D eigenvalue weighted by molar-refractivity contribution is 5.15. The number of nitrogens with zero attached hydrogens (tertiary/aromatic N) is 2. The minimum absolute atomic E-state index is 0.806. The maximum atomic E-state index is 5.01. The van der Waals surface area contributed by atoms with Crippen molar-refractivity contribution in [2.24, 2.45) is 0 Å². The van der Waals surface area contributed by atoms with Gasteiger partial charge in [0, 0.05) is 32.0 Å². The Labute approximate surface area is 114 Å². The molecule has 4 heteroatoms. The molecule has 2 rings (SSSR count). The van der Waals surface area contributed by atoms with Gasteiger partial charge >= 0.3 is 0 Å². The van der Waals surface area contributed by atoms with Crippen LogP contribution >= 0.6 is 0 Å². The third-order valence-electron chi connectivity index (χ3n) is 2.91. The molecule has 0 atom stereocenters. The lowest BCUT2D eigenvalue weighted by atomic mass is 10.2. The van der Waals surface area contributed by atoms with Crippen LogP contribution in [0.2, 0.25) is 0 Å². The van der Waals surface area contributed by atoms with Crippen LogP contribution in [-0.4, -0.2) is 30.0 Å². The third-order valence-corrected chi connectivity index (χ3v) is 2.91. The Hall–Kier alpha value is -1.65. The molecule has 0 saturated heterocycles. The molecule has 0 fully saturated rings. The van der Waals surface area contributed by atoms with Crippen molar-refractivity contribution in [2.45, 2.75) is 19.5 Å². The molecule has 0 saturated carbocycles. The highest BCUT2D eigenvalue weighted by atomic mass is 16.5. The average Bonchev–Trinajstić information content (AvgIpc) is 2.87. The highest BCUT2D eigenvalue weighted by Crippen LogP contribution is 2.03. The van der Waals surface area contributed by atoms with Crippen LogP contribution in [0.15, 0.2) is 42.7 Å². The zero-order valence-electron chi connectivity index (χ0n) is 11.4. The smallest absolute Gasteiger partial charge is 0.0659 e. The molecule has 1 aromatic carbocycles. The quantitative estimate of drug-likeness (QED) is 0.738. The first-order valence-electron chi connectivity index (χ1n) is 6.63. The number of aromatic nitrogens is 2. The maximum absolute atomic E-state index is 5.01. The van der Waals surface area contributed by atoms with Crippen LogP contribution in [0.1, 0.15) is 17.5 Å². The van der Waals surface area contributed by atoms with Gasteiger partial charge in [-0.3, -0.25) is 4.68 Å². The monoisotopic (exact) mass is 259 g/mol. The number of hydrogen-bond acceptors (Lipinski definition) is 3. The van der Waals surface area contributed by atoms with Crippen molar-refractivity contribution in [2.75, 3.05) is 20.3 Å². The Morgan fingerprint density at radius 1 is 1.21 bits per heavy atom. The van der Waals surface area contributed by atoms with E-state index in [0.29, 0.717) is 0 Å². The molecule has 0 aliphatic heterocycles. The van der Waals surface area contributed by atoms with E-state index in [0.717, 1.165) is 32.7 Å². The third kappa shape index (κ3) is 4.85. The van der Waals surface area contributed by atoms with Gasteiger partial charge in [-0.2, -0.15) is 5.10 Å². The fourth-order valence-electron chi connectivity index (χ4n) is 1.93. The number of rotatable bonds is 8. The van der Waals surface area contributed by atoms with Gasteiger partial charge in [0.15, 0.2) is 0 Å². The van der Waals surface area contributed by atoms with E-state index in [1.165, 1.54) is 11.1 Å². The predicted octanol–water partition coefficient (Wildman–Crippen LogP) is 2.06. The summed E-state index contributed by atoms with van der Waals surface area (Å²) in [5, 5.41) is 7.76. The van der Waals surface area contributed by atoms with Gasteiger partial charge in [0.2, 0.25) is 0 Å². The first-order chi connectivity index (χ1) is 9.38. The molecule has 2 aromatic rings. The summed E-state index contributed by atoms with van der Waals surface area (Å²) in [5.41, 5.74) is 2.48. The topological polar surface area (TPSA) is 39.1 Å². The Bertz CT molecular complexity index is 467. The Morgan fingerprint density at radius 2 is 2.05 bits per heavy atom. The van der Waals surface area contributed by atoms with E-state index in [2.05, 4.69) is 40.9 Å². The molecular formula is C15H21N3O. The van der Waals surface area contributed by atoms with Crippen LogP contribution in [0.25, 0.3) is 0 Å². The summed E-state index contributed by atoms with van der Waals surface area (Å²) in [4.78, 5) is 0. The molecule has 1 heterocycles. The molecule has 0 unspecified atom stereocenters. The minimum atomic E-state index is 0.806. The van der Waals surface area contributed by atoms with Gasteiger partial charge in [0.05, 0.1) is 12.7 Å². The molecule has 0 aliphatic rings. The van der Waals surface area contributed by atoms with Crippen molar-refractivity contribution in [1.29, 1.82) is 0 Å². The van der Waals surface area contributed by atoms with Crippen molar-refractivity contribution in [1.82, 2.24) is 15.1 Å². The normalized spacial score (nSPS) is 10.8. The van der Waals surface area contributed by atoms with Crippen molar-refractivity contribution in [3.05, 3.63) is 53.9 Å². The van der Waals surface area contributed by atoms with Gasteiger partial charge in [-0.05, 0) is 18.5 Å². The summed E-state index contributed by atoms with van der Waals surface area (Å²) in [6.45, 7) is 3.46. The summed E-state index contributed by atoms with van der Waals surface area (Å²) in [5.74, 6) is 0. The van der Waals surface area contributed by atoms with Crippen molar-refractivity contribution < 1.29 is 4.74 Å². The van der Waals surface area contributed by atoms with E-state index in [1.807, 2.05) is 16.9 Å². The van der Waals surface area contributed by atoms with E-state index in [-0.39, 0.29) is 0 Å². The second-order valence-corrected chi connectivity index (χ2v) is 4.55. The van der Waals surface area contributed by atoms with Crippen LogP contribution in [0.4, 0.5) is 0 Å². The van der Waals surface area contributed by atoms with Crippen LogP contribution in [0, 0.1) is 0 Å². The molecule has 0 radical (unpaired) electrons. The zero-order chi connectivity index (χ0) is 13.3. The van der Waals surface area contributed by atoms with E-state index in [9.17, 15) is 0 Å². The molecule has 19 heavy (non-hydrogen) atoms. The zero-order valence-corrected chi connectivity index (χ0v) is 11.4. The summed E-state index contributed by atoms with van der Waals surface area (Å²) in [7, 11) is 1.73. The molecule has 0 aliphatic carbocycles. The molecule has 1 aromatic heterocycles. The van der Waals surface area contributed by atoms with Gasteiger partial charge in [0.1, 0.15) is 0 Å². The van der Waals surface area contributed by atoms with Crippen LogP contribution in [0.3, 0.4) is 0 Å². The summed E-state index contributed by atoms with van der Waals surface area (Å²) in [6, 6.07) is 10.4. The van der Waals surface area contributed by atoms with E-state index in [1.54, 1.807) is 7.11 Å². The average molecular weight is 259 g/mol. The van der Waals surface area contributed by atoms with Crippen molar-refractivity contribution in [3.8, 4) is 0 Å². The Morgan fingerprint density at radius 3 is 2.84 bits per heavy atom. The van der Waals surface area contributed by atoms with Gasteiger partial charge in [0.25, 0.3) is 0 Å². The molecular weight excluding hydrogens is 238 g/mol. The largest absolute Gasteiger partial charge is 0.385 e. The number of nitrogens with one attached hydrogen (secondary N) is 1. The molecule has 1 N–H and O–H groups in total. The standard InChI is InChI=1S/C15H21N3O/c1-19-9-5-8-16-10-15-11-17-18(13-15)12-14-6-3-2-4-7-14/h2-4,6-7,11,13,16H,5,8-10,12H2,1H3. The first kappa shape index (κ1) is 13.8. The number of benzene rings is 1. The first-order valence-corrected chi connectivity index (χ1v) is 6.63. The fraction of sp³-hybridized carbons (Fsp3) is 0.400. The second-order valence-electron chi connectivity index (χ2n) is 4.55. The Kier molecular flexibility index (Phi) is 5.59.